The van der Waals surface area contributed by atoms with E-state index in [9.17, 15) is 10.2 Å². The van der Waals surface area contributed by atoms with Gasteiger partial charge in [0.25, 0.3) is 0 Å². The minimum Gasteiger partial charge on any atom is -0.504 e. The van der Waals surface area contributed by atoms with Crippen LogP contribution in [-0.2, 0) is 6.42 Å². The molecular weight excluding hydrogens is 220 g/mol. The molecule has 1 fully saturated rings. The summed E-state index contributed by atoms with van der Waals surface area (Å²) in [7, 11) is 1.49. The molecule has 2 rings (SSSR count). The summed E-state index contributed by atoms with van der Waals surface area (Å²) in [6.45, 7) is 2.38. The number of methoxy groups -OCH3 is 1. The average molecular weight is 238 g/mol. The molecular formula is C13H18O4. The Bertz CT molecular complexity index is 410. The monoisotopic (exact) mass is 238 g/mol. The number of benzene rings is 1. The molecule has 0 aromatic heterocycles. The van der Waals surface area contributed by atoms with Gasteiger partial charge < -0.3 is 19.7 Å². The summed E-state index contributed by atoms with van der Waals surface area (Å²) in [4.78, 5) is 0. The lowest BCUT2D eigenvalue weighted by Crippen LogP contribution is -2.11. The summed E-state index contributed by atoms with van der Waals surface area (Å²) in [6.07, 6.45) is 2.19. The quantitative estimate of drug-likeness (QED) is 0.822. The molecule has 1 aromatic carbocycles. The largest absolute Gasteiger partial charge is 0.504 e. The van der Waals surface area contributed by atoms with Crippen molar-refractivity contribution in [3.63, 3.8) is 0 Å². The van der Waals surface area contributed by atoms with E-state index in [1.807, 2.05) is 13.0 Å². The number of rotatable bonds is 5. The highest BCUT2D eigenvalue weighted by Crippen LogP contribution is 2.42. The Morgan fingerprint density at radius 1 is 1.35 bits per heavy atom. The molecule has 4 nitrogen and oxygen atoms in total. The fourth-order valence-corrected chi connectivity index (χ4v) is 1.91. The van der Waals surface area contributed by atoms with Crippen LogP contribution >= 0.6 is 0 Å². The number of aromatic hydroxyl groups is 1. The van der Waals surface area contributed by atoms with Gasteiger partial charge in [0.2, 0.25) is 5.75 Å². The van der Waals surface area contributed by atoms with Crippen LogP contribution in [0.5, 0.6) is 17.2 Å². The van der Waals surface area contributed by atoms with Gasteiger partial charge in [0, 0.05) is 6.42 Å². The topological polar surface area (TPSA) is 58.9 Å². The second-order valence-electron chi connectivity index (χ2n) is 4.48. The molecule has 0 saturated heterocycles. The molecule has 0 heterocycles. The molecule has 0 radical (unpaired) electrons. The first-order valence-electron chi connectivity index (χ1n) is 5.83. The zero-order chi connectivity index (χ0) is 12.5. The number of phenolic OH excluding ortho intramolecular Hbond substituents is 1. The summed E-state index contributed by atoms with van der Waals surface area (Å²) in [5.74, 6) is 0.922. The predicted molar refractivity (Wildman–Crippen MR) is 63.7 cm³/mol. The maximum absolute atomic E-state index is 9.87. The van der Waals surface area contributed by atoms with Crippen LogP contribution in [0.4, 0.5) is 0 Å². The highest BCUT2D eigenvalue weighted by molar-refractivity contribution is 5.53. The van der Waals surface area contributed by atoms with Gasteiger partial charge in [0.15, 0.2) is 11.5 Å². The van der Waals surface area contributed by atoms with Gasteiger partial charge in [-0.05, 0) is 37.5 Å². The van der Waals surface area contributed by atoms with Crippen molar-refractivity contribution in [2.75, 3.05) is 13.7 Å². The van der Waals surface area contributed by atoms with Crippen LogP contribution < -0.4 is 9.47 Å². The Morgan fingerprint density at radius 3 is 2.59 bits per heavy atom. The molecule has 1 aliphatic carbocycles. The second kappa shape index (κ2) is 4.45. The van der Waals surface area contributed by atoms with E-state index >= 15 is 0 Å². The molecule has 0 atom stereocenters. The number of phenols is 1. The predicted octanol–water partition coefficient (Wildman–Crippen LogP) is 1.87. The van der Waals surface area contributed by atoms with Gasteiger partial charge in [-0.3, -0.25) is 0 Å². The van der Waals surface area contributed by atoms with Gasteiger partial charge in [0.1, 0.15) is 0 Å². The van der Waals surface area contributed by atoms with E-state index in [0.29, 0.717) is 24.5 Å². The van der Waals surface area contributed by atoms with Crippen LogP contribution in [0.2, 0.25) is 0 Å². The van der Waals surface area contributed by atoms with Crippen molar-refractivity contribution in [2.24, 2.45) is 0 Å². The van der Waals surface area contributed by atoms with Crippen LogP contribution in [0.1, 0.15) is 25.3 Å². The minimum atomic E-state index is -0.579. The van der Waals surface area contributed by atoms with Crippen molar-refractivity contribution >= 4 is 0 Å². The lowest BCUT2D eigenvalue weighted by atomic mass is 10.1. The molecule has 0 aliphatic heterocycles. The SMILES string of the molecule is CCOc1cc(CC2(O)CC2)cc(O)c1OC. The number of hydrogen-bond donors (Lipinski definition) is 2. The van der Waals surface area contributed by atoms with Crippen molar-refractivity contribution in [3.05, 3.63) is 17.7 Å². The lowest BCUT2D eigenvalue weighted by Gasteiger charge is -2.14. The number of hydrogen-bond acceptors (Lipinski definition) is 4. The first kappa shape index (κ1) is 12.0. The van der Waals surface area contributed by atoms with E-state index in [0.717, 1.165) is 18.4 Å². The third kappa shape index (κ3) is 2.64. The van der Waals surface area contributed by atoms with Crippen LogP contribution in [0.15, 0.2) is 12.1 Å². The first-order chi connectivity index (χ1) is 8.08. The molecule has 4 heteroatoms. The van der Waals surface area contributed by atoms with Crippen LogP contribution in [0.25, 0.3) is 0 Å². The van der Waals surface area contributed by atoms with Crippen molar-refractivity contribution in [2.45, 2.75) is 31.8 Å². The number of aliphatic hydroxyl groups is 1. The molecule has 17 heavy (non-hydrogen) atoms. The summed E-state index contributed by atoms with van der Waals surface area (Å²) >= 11 is 0. The van der Waals surface area contributed by atoms with Gasteiger partial charge in [-0.15, -0.1) is 0 Å². The molecule has 0 spiro atoms. The summed E-state index contributed by atoms with van der Waals surface area (Å²) in [5, 5.41) is 19.7. The molecule has 94 valence electrons. The summed E-state index contributed by atoms with van der Waals surface area (Å²) in [6, 6.07) is 3.44. The van der Waals surface area contributed by atoms with Crippen molar-refractivity contribution in [1.29, 1.82) is 0 Å². The van der Waals surface area contributed by atoms with Gasteiger partial charge in [0.05, 0.1) is 19.3 Å². The van der Waals surface area contributed by atoms with E-state index < -0.39 is 5.60 Å². The van der Waals surface area contributed by atoms with E-state index in [2.05, 4.69) is 0 Å². The summed E-state index contributed by atoms with van der Waals surface area (Å²) < 4.78 is 10.5. The second-order valence-corrected chi connectivity index (χ2v) is 4.48. The molecule has 1 aromatic rings. The maximum Gasteiger partial charge on any atom is 0.203 e. The Balaban J connectivity index is 2.28. The van der Waals surface area contributed by atoms with Crippen molar-refractivity contribution < 1.29 is 19.7 Å². The third-order valence-electron chi connectivity index (χ3n) is 2.96. The molecule has 0 bridgehead atoms. The van der Waals surface area contributed by atoms with Crippen LogP contribution in [0, 0.1) is 0 Å². The van der Waals surface area contributed by atoms with Crippen molar-refractivity contribution in [3.8, 4) is 17.2 Å². The third-order valence-corrected chi connectivity index (χ3v) is 2.96. The maximum atomic E-state index is 9.87. The molecule has 0 amide bonds. The molecule has 0 unspecified atom stereocenters. The van der Waals surface area contributed by atoms with E-state index in [1.165, 1.54) is 7.11 Å². The fourth-order valence-electron chi connectivity index (χ4n) is 1.91. The van der Waals surface area contributed by atoms with Crippen LogP contribution in [0.3, 0.4) is 0 Å². The molecule has 2 N–H and O–H groups in total. The van der Waals surface area contributed by atoms with Gasteiger partial charge in [-0.25, -0.2) is 0 Å². The standard InChI is InChI=1S/C13H18O4/c1-3-17-11-7-9(8-13(15)4-5-13)6-10(14)12(11)16-2/h6-7,14-15H,3-5,8H2,1-2H3. The first-order valence-corrected chi connectivity index (χ1v) is 5.83. The van der Waals surface area contributed by atoms with E-state index in [4.69, 9.17) is 9.47 Å². The zero-order valence-corrected chi connectivity index (χ0v) is 10.2. The van der Waals surface area contributed by atoms with Crippen molar-refractivity contribution in [1.82, 2.24) is 0 Å². The molecule has 1 saturated carbocycles. The highest BCUT2D eigenvalue weighted by atomic mass is 16.5. The number of ether oxygens (including phenoxy) is 2. The minimum absolute atomic E-state index is 0.0534. The Kier molecular flexibility index (Phi) is 3.15. The van der Waals surface area contributed by atoms with Gasteiger partial charge in [-0.1, -0.05) is 0 Å². The van der Waals surface area contributed by atoms with Gasteiger partial charge in [-0.2, -0.15) is 0 Å². The normalized spacial score (nSPS) is 16.6. The zero-order valence-electron chi connectivity index (χ0n) is 10.2. The Labute approximate surface area is 101 Å². The Hall–Kier alpha value is -1.42. The smallest absolute Gasteiger partial charge is 0.203 e. The molecule has 1 aliphatic rings. The highest BCUT2D eigenvalue weighted by Gasteiger charge is 2.40. The van der Waals surface area contributed by atoms with Crippen LogP contribution in [-0.4, -0.2) is 29.5 Å². The average Bonchev–Trinajstić information content (AvgIpc) is 2.96. The summed E-state index contributed by atoms with van der Waals surface area (Å²) in [5.41, 5.74) is 0.289. The lowest BCUT2D eigenvalue weighted by molar-refractivity contribution is 0.150. The van der Waals surface area contributed by atoms with Gasteiger partial charge >= 0.3 is 0 Å². The van der Waals surface area contributed by atoms with E-state index in [-0.39, 0.29) is 5.75 Å². The Morgan fingerprint density at radius 2 is 2.06 bits per heavy atom. The fraction of sp³-hybridized carbons (Fsp3) is 0.538. The van der Waals surface area contributed by atoms with E-state index in [1.54, 1.807) is 6.07 Å².